The van der Waals surface area contributed by atoms with Gasteiger partial charge in [-0.05, 0) is 72.4 Å². The summed E-state index contributed by atoms with van der Waals surface area (Å²) in [4.78, 5) is 0. The van der Waals surface area contributed by atoms with Crippen LogP contribution in [-0.4, -0.2) is 10.2 Å². The molecule has 2 N–H and O–H groups in total. The number of rotatable bonds is 1. The van der Waals surface area contributed by atoms with Crippen molar-refractivity contribution in [3.63, 3.8) is 0 Å². The van der Waals surface area contributed by atoms with Crippen molar-refractivity contribution in [1.29, 1.82) is 0 Å². The summed E-state index contributed by atoms with van der Waals surface area (Å²) in [5, 5.41) is 25.2. The molecule has 1 heterocycles. The van der Waals surface area contributed by atoms with E-state index in [1.54, 1.807) is 0 Å². The molecule has 0 saturated heterocycles. The first-order valence-corrected chi connectivity index (χ1v) is 13.2. The molecule has 0 bridgehead atoms. The number of hydrogen-bond donors (Lipinski definition) is 2. The average Bonchev–Trinajstić information content (AvgIpc) is 2.73. The number of fused-ring (bicyclic) bond motifs is 2. The Morgan fingerprint density at radius 2 is 1.05 bits per heavy atom. The SMILES string of the molecule is Cc1cc(-c2c3cc(C)cc(C(C)(C)C)c3[o+]c3c(C)cc(C(C)(C)C)c(O)c23)c(O)c(C(C)(C)C)c1.[Br-]. The number of benzene rings is 3. The van der Waals surface area contributed by atoms with E-state index in [1.165, 1.54) is 0 Å². The van der Waals surface area contributed by atoms with Gasteiger partial charge in [-0.3, -0.25) is 0 Å². The lowest BCUT2D eigenvalue weighted by Crippen LogP contribution is -3.00. The normalized spacial score (nSPS) is 12.7. The van der Waals surface area contributed by atoms with Crippen LogP contribution in [0.3, 0.4) is 0 Å². The topological polar surface area (TPSA) is 51.8 Å². The zero-order valence-corrected chi connectivity index (χ0v) is 26.7. The summed E-state index contributed by atoms with van der Waals surface area (Å²) in [5.41, 5.74) is 8.29. The van der Waals surface area contributed by atoms with Crippen LogP contribution in [0, 0.1) is 20.8 Å². The van der Waals surface area contributed by atoms with E-state index in [9.17, 15) is 10.2 Å². The minimum Gasteiger partial charge on any atom is -1.00 e. The maximum atomic E-state index is 11.9. The molecule has 0 amide bonds. The number of aromatic hydroxyl groups is 2. The van der Waals surface area contributed by atoms with Gasteiger partial charge in [-0.25, -0.2) is 4.42 Å². The van der Waals surface area contributed by atoms with Crippen molar-refractivity contribution in [1.82, 2.24) is 0 Å². The Hall–Kier alpha value is -2.59. The first kappa shape index (κ1) is 30.0. The third-order valence-electron chi connectivity index (χ3n) is 7.34. The molecule has 0 radical (unpaired) electrons. The van der Waals surface area contributed by atoms with Crippen molar-refractivity contribution in [3.8, 4) is 22.6 Å². The van der Waals surface area contributed by atoms with Crippen LogP contribution in [-0.2, 0) is 16.2 Å². The maximum absolute atomic E-state index is 11.9. The highest BCUT2D eigenvalue weighted by molar-refractivity contribution is 6.13. The number of halogens is 1. The first-order valence-electron chi connectivity index (χ1n) is 13.2. The van der Waals surface area contributed by atoms with Crippen molar-refractivity contribution >= 4 is 21.9 Å². The van der Waals surface area contributed by atoms with E-state index in [2.05, 4.69) is 94.4 Å². The predicted molar refractivity (Wildman–Crippen MR) is 157 cm³/mol. The molecule has 4 rings (SSSR count). The lowest BCUT2D eigenvalue weighted by molar-refractivity contribution is -0.0000116. The predicted octanol–water partition coefficient (Wildman–Crippen LogP) is 6.77. The van der Waals surface area contributed by atoms with Gasteiger partial charge in [-0.2, -0.15) is 0 Å². The van der Waals surface area contributed by atoms with Crippen LogP contribution in [0.2, 0.25) is 0 Å². The molecule has 0 unspecified atom stereocenters. The molecule has 4 heteroatoms. The Morgan fingerprint density at radius 1 is 0.579 bits per heavy atom. The zero-order valence-electron chi connectivity index (χ0n) is 25.1. The minimum absolute atomic E-state index is 0. The van der Waals surface area contributed by atoms with E-state index in [-0.39, 0.29) is 44.7 Å². The summed E-state index contributed by atoms with van der Waals surface area (Å²) in [6, 6.07) is 10.5. The monoisotopic (exact) mass is 578 g/mol. The number of hydrogen-bond acceptors (Lipinski definition) is 2. The highest BCUT2D eigenvalue weighted by atomic mass is 79.9. The largest absolute Gasteiger partial charge is 1.00 e. The van der Waals surface area contributed by atoms with E-state index in [0.29, 0.717) is 11.0 Å². The van der Waals surface area contributed by atoms with Crippen molar-refractivity contribution in [3.05, 3.63) is 63.7 Å². The second kappa shape index (κ2) is 9.55. The van der Waals surface area contributed by atoms with Crippen LogP contribution >= 0.6 is 0 Å². The molecule has 38 heavy (non-hydrogen) atoms. The highest BCUT2D eigenvalue weighted by Crippen LogP contribution is 2.51. The van der Waals surface area contributed by atoms with Crippen LogP contribution in [0.1, 0.15) is 95.7 Å². The zero-order chi connectivity index (χ0) is 27.8. The van der Waals surface area contributed by atoms with Gasteiger partial charge in [-0.15, -0.1) is 0 Å². The van der Waals surface area contributed by atoms with Gasteiger partial charge < -0.3 is 27.2 Å². The molecule has 0 aliphatic rings. The standard InChI is InChI=1S/C34H42O3.BrH/c1-18-13-21(28(35)23(15-18)32(4,5)6)26-22-14-19(2)16-25(34(10,11)12)31(22)37-30-20(3)17-24(33(7,8)9)29(36)27(26)30;/h13-17H,1-12H3,(H-,35,36);1H. The van der Waals surface area contributed by atoms with Crippen LogP contribution in [0.15, 0.2) is 34.7 Å². The molecule has 0 atom stereocenters. The highest BCUT2D eigenvalue weighted by Gasteiger charge is 2.35. The minimum atomic E-state index is -0.274. The van der Waals surface area contributed by atoms with E-state index in [0.717, 1.165) is 55.5 Å². The molecule has 0 aliphatic heterocycles. The van der Waals surface area contributed by atoms with Crippen molar-refractivity contribution in [2.75, 3.05) is 0 Å². The summed E-state index contributed by atoms with van der Waals surface area (Å²) in [7, 11) is 0. The summed E-state index contributed by atoms with van der Waals surface area (Å²) in [5.74, 6) is 0.467. The van der Waals surface area contributed by atoms with E-state index < -0.39 is 0 Å². The van der Waals surface area contributed by atoms with Crippen molar-refractivity contribution < 1.29 is 31.6 Å². The number of phenolic OH excluding ortho intramolecular Hbond substituents is 2. The molecule has 1 aromatic heterocycles. The van der Waals surface area contributed by atoms with Crippen LogP contribution in [0.25, 0.3) is 33.1 Å². The molecular weight excluding hydrogens is 536 g/mol. The Bertz CT molecular complexity index is 1560. The summed E-state index contributed by atoms with van der Waals surface area (Å²) in [6.45, 7) is 25.4. The molecule has 0 aliphatic carbocycles. The van der Waals surface area contributed by atoms with Gasteiger partial charge in [0.1, 0.15) is 16.9 Å². The van der Waals surface area contributed by atoms with Gasteiger partial charge in [-0.1, -0.05) is 68.4 Å². The van der Waals surface area contributed by atoms with E-state index >= 15 is 0 Å². The van der Waals surface area contributed by atoms with Gasteiger partial charge >= 0.3 is 11.2 Å². The number of aryl methyl sites for hydroxylation is 3. The molecule has 0 fully saturated rings. The molecular formula is C34H43BrO3. The Labute approximate surface area is 238 Å². The number of phenols is 2. The van der Waals surface area contributed by atoms with Gasteiger partial charge in [0.05, 0.1) is 16.5 Å². The molecule has 0 spiro atoms. The Morgan fingerprint density at radius 3 is 1.58 bits per heavy atom. The third-order valence-corrected chi connectivity index (χ3v) is 7.34. The summed E-state index contributed by atoms with van der Waals surface area (Å²) < 4.78 is 6.73. The summed E-state index contributed by atoms with van der Waals surface area (Å²) in [6.07, 6.45) is 0. The molecule has 204 valence electrons. The maximum Gasteiger partial charge on any atom is 0.368 e. The van der Waals surface area contributed by atoms with E-state index in [4.69, 9.17) is 4.42 Å². The lowest BCUT2D eigenvalue weighted by Gasteiger charge is -2.25. The van der Waals surface area contributed by atoms with Crippen molar-refractivity contribution in [2.45, 2.75) is 99.3 Å². The Kier molecular flexibility index (Phi) is 7.53. The quantitative estimate of drug-likeness (QED) is 0.193. The van der Waals surface area contributed by atoms with Gasteiger partial charge in [0, 0.05) is 22.3 Å². The fraction of sp³-hybridized carbons (Fsp3) is 0.441. The third kappa shape index (κ3) is 5.04. The van der Waals surface area contributed by atoms with Crippen molar-refractivity contribution in [2.24, 2.45) is 0 Å². The molecule has 3 nitrogen and oxygen atoms in total. The van der Waals surface area contributed by atoms with Gasteiger partial charge in [0.15, 0.2) is 0 Å². The Balaban J connectivity index is 0.00000400. The first-order chi connectivity index (χ1) is 16.8. The lowest BCUT2D eigenvalue weighted by atomic mass is 9.79. The van der Waals surface area contributed by atoms with Crippen LogP contribution in [0.4, 0.5) is 0 Å². The van der Waals surface area contributed by atoms with Gasteiger partial charge in [0.25, 0.3) is 0 Å². The van der Waals surface area contributed by atoms with Crippen LogP contribution in [0.5, 0.6) is 11.5 Å². The summed E-state index contributed by atoms with van der Waals surface area (Å²) >= 11 is 0. The van der Waals surface area contributed by atoms with Crippen LogP contribution < -0.4 is 17.0 Å². The smallest absolute Gasteiger partial charge is 0.368 e. The van der Waals surface area contributed by atoms with Gasteiger partial charge in [0.2, 0.25) is 0 Å². The molecule has 4 aromatic rings. The fourth-order valence-electron chi connectivity index (χ4n) is 5.41. The second-order valence-electron chi connectivity index (χ2n) is 13.9. The van der Waals surface area contributed by atoms with E-state index in [1.807, 2.05) is 19.1 Å². The average molecular weight is 580 g/mol. The molecule has 0 saturated carbocycles. The molecule has 3 aromatic carbocycles. The fourth-order valence-corrected chi connectivity index (χ4v) is 5.41. The second-order valence-corrected chi connectivity index (χ2v) is 13.9.